The first-order valence-corrected chi connectivity index (χ1v) is 11.3. The van der Waals surface area contributed by atoms with E-state index in [1.165, 1.54) is 22.7 Å². The third-order valence-corrected chi connectivity index (χ3v) is 5.47. The number of aryl methyl sites for hydroxylation is 1. The number of ether oxygens (including phenoxy) is 1. The Labute approximate surface area is 200 Å². The fraction of sp³-hybridized carbons (Fsp3) is 0.292. The number of rotatable bonds is 6. The smallest absolute Gasteiger partial charge is 0.332 e. The molecule has 0 aliphatic carbocycles. The van der Waals surface area contributed by atoms with E-state index >= 15 is 0 Å². The van der Waals surface area contributed by atoms with Gasteiger partial charge < -0.3 is 14.6 Å². The molecule has 2 aromatic carbocycles. The zero-order chi connectivity index (χ0) is 24.0. The normalized spacial score (nSPS) is 11.1. The highest BCUT2D eigenvalue weighted by atomic mass is 79.9. The van der Waals surface area contributed by atoms with Gasteiger partial charge in [0.05, 0.1) is 6.61 Å². The first-order chi connectivity index (χ1) is 15.8. The fourth-order valence-corrected chi connectivity index (χ4v) is 3.66. The van der Waals surface area contributed by atoms with Crippen LogP contribution in [-0.4, -0.2) is 51.2 Å². The van der Waals surface area contributed by atoms with Crippen molar-refractivity contribution in [3.63, 3.8) is 0 Å². The maximum atomic E-state index is 11.6. The summed E-state index contributed by atoms with van der Waals surface area (Å²) < 4.78 is 8.87. The van der Waals surface area contributed by atoms with Crippen LogP contribution in [0.15, 0.2) is 75.0 Å². The van der Waals surface area contributed by atoms with E-state index < -0.39 is 0 Å². The summed E-state index contributed by atoms with van der Waals surface area (Å²) in [5.74, 6) is 0. The van der Waals surface area contributed by atoms with Gasteiger partial charge in [-0.25, -0.2) is 9.78 Å². The van der Waals surface area contributed by atoms with Crippen LogP contribution in [0.4, 0.5) is 0 Å². The molecule has 0 aliphatic rings. The molecule has 0 atom stereocenters. The maximum absolute atomic E-state index is 11.6. The van der Waals surface area contributed by atoms with Gasteiger partial charge in [0, 0.05) is 20.6 Å². The highest BCUT2D eigenvalue weighted by Gasteiger charge is 2.14. The van der Waals surface area contributed by atoms with Gasteiger partial charge in [0.25, 0.3) is 5.56 Å². The second-order valence-electron chi connectivity index (χ2n) is 7.81. The predicted octanol–water partition coefficient (Wildman–Crippen LogP) is 3.08. The second kappa shape index (κ2) is 11.2. The molecule has 4 aromatic rings. The van der Waals surface area contributed by atoms with E-state index in [9.17, 15) is 9.59 Å². The van der Waals surface area contributed by atoms with Crippen LogP contribution in [0.1, 0.15) is 17.2 Å². The van der Waals surface area contributed by atoms with Gasteiger partial charge in [-0.3, -0.25) is 13.9 Å². The molecule has 4 rings (SSSR count). The molecule has 0 aliphatic heterocycles. The monoisotopic (exact) mass is 513 g/mol. The summed E-state index contributed by atoms with van der Waals surface area (Å²) in [7, 11) is 7.11. The van der Waals surface area contributed by atoms with Crippen molar-refractivity contribution in [1.82, 2.24) is 24.0 Å². The van der Waals surface area contributed by atoms with Crippen LogP contribution in [0.5, 0.6) is 0 Å². The van der Waals surface area contributed by atoms with Crippen LogP contribution in [-0.2, 0) is 18.8 Å². The largest absolute Gasteiger partial charge is 0.367 e. The number of fused-ring (bicyclic) bond motifs is 1. The van der Waals surface area contributed by atoms with Crippen LogP contribution in [0.2, 0.25) is 0 Å². The van der Waals surface area contributed by atoms with Crippen molar-refractivity contribution in [2.24, 2.45) is 14.1 Å². The zero-order valence-corrected chi connectivity index (χ0v) is 20.7. The minimum Gasteiger partial charge on any atom is -0.367 e. The molecule has 33 heavy (non-hydrogen) atoms. The Bertz CT molecular complexity index is 1260. The van der Waals surface area contributed by atoms with E-state index in [0.29, 0.717) is 15.9 Å². The number of H-pyrrole nitrogens is 1. The van der Waals surface area contributed by atoms with Gasteiger partial charge in [-0.2, -0.15) is 0 Å². The standard InChI is InChI=1S/C17H21NO.C7H7BrN4O2/c1-18(2)13-14-19-17(15-9-5-3-6-10-15)16-11-7-4-8-12-16;1-11-4-3(9-6(8)10-4)5(13)12(2)7(11)14/h3-12,17H,13-14H2,1-2H3;1-2H3,(H,9,10). The van der Waals surface area contributed by atoms with Gasteiger partial charge in [-0.15, -0.1) is 0 Å². The average molecular weight is 514 g/mol. The molecule has 8 nitrogen and oxygen atoms in total. The van der Waals surface area contributed by atoms with E-state index in [0.717, 1.165) is 17.7 Å². The van der Waals surface area contributed by atoms with E-state index in [1.807, 2.05) is 12.1 Å². The predicted molar refractivity (Wildman–Crippen MR) is 134 cm³/mol. The van der Waals surface area contributed by atoms with Gasteiger partial charge in [0.1, 0.15) is 6.10 Å². The van der Waals surface area contributed by atoms with Crippen molar-refractivity contribution in [2.45, 2.75) is 6.10 Å². The molecular weight excluding hydrogens is 486 g/mol. The Morgan fingerprint density at radius 3 is 2.03 bits per heavy atom. The Kier molecular flexibility index (Phi) is 8.37. The third kappa shape index (κ3) is 6.07. The maximum Gasteiger partial charge on any atom is 0.332 e. The SMILES string of the molecule is CN(C)CCOC(c1ccccc1)c1ccccc1.Cn1c(=O)c2[nH]c(Br)nc2n(C)c1=O. The molecule has 0 saturated heterocycles. The van der Waals surface area contributed by atoms with E-state index in [4.69, 9.17) is 4.74 Å². The van der Waals surface area contributed by atoms with Crippen LogP contribution < -0.4 is 11.2 Å². The summed E-state index contributed by atoms with van der Waals surface area (Å²) in [5.41, 5.74) is 2.31. The summed E-state index contributed by atoms with van der Waals surface area (Å²) >= 11 is 3.11. The average Bonchev–Trinajstić information content (AvgIpc) is 3.22. The molecule has 0 bridgehead atoms. The summed E-state index contributed by atoms with van der Waals surface area (Å²) in [4.78, 5) is 31.9. The molecule has 0 unspecified atom stereocenters. The van der Waals surface area contributed by atoms with Crippen molar-refractivity contribution >= 4 is 27.1 Å². The lowest BCUT2D eigenvalue weighted by molar-refractivity contribution is 0.0687. The Morgan fingerprint density at radius 2 is 1.52 bits per heavy atom. The molecule has 0 amide bonds. The summed E-state index contributed by atoms with van der Waals surface area (Å²) in [6, 6.07) is 20.8. The number of likely N-dealkylation sites (N-methyl/N-ethyl adjacent to an activating group) is 1. The summed E-state index contributed by atoms with van der Waals surface area (Å²) in [6.45, 7) is 1.65. The number of imidazole rings is 1. The number of hydrogen-bond acceptors (Lipinski definition) is 5. The van der Waals surface area contributed by atoms with Crippen LogP contribution >= 0.6 is 15.9 Å². The number of benzene rings is 2. The van der Waals surface area contributed by atoms with E-state index in [1.54, 1.807) is 7.05 Å². The summed E-state index contributed by atoms with van der Waals surface area (Å²) in [6.07, 6.45) is 0.0161. The molecule has 9 heteroatoms. The fourth-order valence-electron chi connectivity index (χ4n) is 3.29. The number of nitrogens with zero attached hydrogens (tertiary/aromatic N) is 4. The third-order valence-electron chi connectivity index (χ3n) is 5.09. The second-order valence-corrected chi connectivity index (χ2v) is 8.56. The van der Waals surface area contributed by atoms with Gasteiger partial charge in [-0.05, 0) is 41.2 Å². The van der Waals surface area contributed by atoms with E-state index in [-0.39, 0.29) is 17.4 Å². The number of halogens is 1. The molecule has 0 spiro atoms. The minimum atomic E-state index is -0.387. The lowest BCUT2D eigenvalue weighted by atomic mass is 10.0. The lowest BCUT2D eigenvalue weighted by Gasteiger charge is -2.20. The number of hydrogen-bond donors (Lipinski definition) is 1. The molecule has 0 fully saturated rings. The molecule has 1 N–H and O–H groups in total. The van der Waals surface area contributed by atoms with Gasteiger partial charge in [0.15, 0.2) is 15.9 Å². The highest BCUT2D eigenvalue weighted by molar-refractivity contribution is 9.10. The van der Waals surface area contributed by atoms with Gasteiger partial charge in [0.2, 0.25) is 0 Å². The highest BCUT2D eigenvalue weighted by Crippen LogP contribution is 2.25. The van der Waals surface area contributed by atoms with Crippen molar-refractivity contribution in [1.29, 1.82) is 0 Å². The van der Waals surface area contributed by atoms with Crippen LogP contribution in [0.3, 0.4) is 0 Å². The number of aromatic amines is 1. The van der Waals surface area contributed by atoms with Crippen molar-refractivity contribution in [2.75, 3.05) is 27.2 Å². The van der Waals surface area contributed by atoms with Crippen molar-refractivity contribution < 1.29 is 4.74 Å². The molecule has 2 aromatic heterocycles. The first kappa shape index (κ1) is 24.6. The number of nitrogens with one attached hydrogen (secondary N) is 1. The number of aromatic nitrogens is 4. The topological polar surface area (TPSA) is 85.2 Å². The molecule has 0 saturated carbocycles. The van der Waals surface area contributed by atoms with Crippen LogP contribution in [0, 0.1) is 0 Å². The Balaban J connectivity index is 0.000000194. The zero-order valence-electron chi connectivity index (χ0n) is 19.2. The lowest BCUT2D eigenvalue weighted by Crippen LogP contribution is -2.36. The van der Waals surface area contributed by atoms with Crippen molar-refractivity contribution in [3.05, 3.63) is 97.4 Å². The van der Waals surface area contributed by atoms with Crippen LogP contribution in [0.25, 0.3) is 11.2 Å². The van der Waals surface area contributed by atoms with Gasteiger partial charge in [-0.1, -0.05) is 60.7 Å². The quantitative estimate of drug-likeness (QED) is 0.400. The molecular formula is C24H28BrN5O3. The van der Waals surface area contributed by atoms with Crippen molar-refractivity contribution in [3.8, 4) is 0 Å². The Morgan fingerprint density at radius 1 is 0.970 bits per heavy atom. The Hall–Kier alpha value is -3.01. The molecule has 2 heterocycles. The van der Waals surface area contributed by atoms with Gasteiger partial charge >= 0.3 is 5.69 Å². The first-order valence-electron chi connectivity index (χ1n) is 10.5. The molecule has 174 valence electrons. The van der Waals surface area contributed by atoms with E-state index in [2.05, 4.69) is 93.4 Å². The summed E-state index contributed by atoms with van der Waals surface area (Å²) in [5, 5.41) is 0. The molecule has 0 radical (unpaired) electrons. The minimum absolute atomic E-state index is 0.0161.